The lowest BCUT2D eigenvalue weighted by molar-refractivity contribution is 0.647. The molecule has 1 atom stereocenters. The van der Waals surface area contributed by atoms with Gasteiger partial charge < -0.3 is 5.73 Å². The normalized spacial score (nSPS) is 13.0. The lowest BCUT2D eigenvalue weighted by Crippen LogP contribution is -2.12. The van der Waals surface area contributed by atoms with E-state index in [1.165, 1.54) is 0 Å². The Morgan fingerprint density at radius 3 is 2.45 bits per heavy atom. The average molecular weight is 151 g/mol. The van der Waals surface area contributed by atoms with E-state index in [0.717, 1.165) is 17.8 Å². The van der Waals surface area contributed by atoms with Crippen molar-refractivity contribution in [3.05, 3.63) is 23.8 Å². The van der Waals surface area contributed by atoms with Gasteiger partial charge in [0.15, 0.2) is 0 Å². The molecule has 0 saturated carbocycles. The van der Waals surface area contributed by atoms with Crippen LogP contribution in [0, 0.1) is 6.92 Å². The molecule has 0 aliphatic carbocycles. The summed E-state index contributed by atoms with van der Waals surface area (Å²) in [6.07, 6.45) is 4.46. The Labute approximate surface area is 66.7 Å². The summed E-state index contributed by atoms with van der Waals surface area (Å²) in [7, 11) is 0. The van der Waals surface area contributed by atoms with Gasteiger partial charge in [0.1, 0.15) is 5.82 Å². The Balaban J connectivity index is 2.81. The highest BCUT2D eigenvalue weighted by Crippen LogP contribution is 2.06. The Morgan fingerprint density at radius 1 is 1.45 bits per heavy atom. The molecule has 1 aromatic rings. The molecule has 0 bridgehead atoms. The standard InChI is InChI=1S/C8H13N3/c1-3-7(9)8-10-4-6(2)5-11-8/h4-5,7H,3,9H2,1-2H3. The van der Waals surface area contributed by atoms with Crippen molar-refractivity contribution in [1.29, 1.82) is 0 Å². The van der Waals surface area contributed by atoms with E-state index >= 15 is 0 Å². The van der Waals surface area contributed by atoms with Crippen LogP contribution in [0.3, 0.4) is 0 Å². The first-order chi connectivity index (χ1) is 5.24. The van der Waals surface area contributed by atoms with Crippen molar-refractivity contribution < 1.29 is 0 Å². The van der Waals surface area contributed by atoms with Crippen molar-refractivity contribution in [2.45, 2.75) is 26.3 Å². The maximum absolute atomic E-state index is 5.72. The molecular formula is C8H13N3. The number of aryl methyl sites for hydroxylation is 1. The Morgan fingerprint density at radius 2 is 2.00 bits per heavy atom. The van der Waals surface area contributed by atoms with Gasteiger partial charge in [-0.1, -0.05) is 6.92 Å². The molecule has 0 amide bonds. The first kappa shape index (κ1) is 8.14. The molecule has 60 valence electrons. The fraction of sp³-hybridized carbons (Fsp3) is 0.500. The van der Waals surface area contributed by atoms with E-state index in [-0.39, 0.29) is 6.04 Å². The molecule has 2 N–H and O–H groups in total. The first-order valence-electron chi connectivity index (χ1n) is 3.78. The van der Waals surface area contributed by atoms with Crippen molar-refractivity contribution in [2.75, 3.05) is 0 Å². The summed E-state index contributed by atoms with van der Waals surface area (Å²) >= 11 is 0. The second kappa shape index (κ2) is 3.44. The zero-order valence-electron chi connectivity index (χ0n) is 6.91. The second-order valence-corrected chi connectivity index (χ2v) is 2.63. The summed E-state index contributed by atoms with van der Waals surface area (Å²) in [6.45, 7) is 3.98. The maximum Gasteiger partial charge on any atom is 0.144 e. The molecule has 0 aliphatic rings. The molecule has 11 heavy (non-hydrogen) atoms. The van der Waals surface area contributed by atoms with Crippen LogP contribution in [0.4, 0.5) is 0 Å². The van der Waals surface area contributed by atoms with Crippen molar-refractivity contribution in [1.82, 2.24) is 9.97 Å². The van der Waals surface area contributed by atoms with Crippen LogP contribution in [0.2, 0.25) is 0 Å². The van der Waals surface area contributed by atoms with Gasteiger partial charge in [0.25, 0.3) is 0 Å². The second-order valence-electron chi connectivity index (χ2n) is 2.63. The van der Waals surface area contributed by atoms with Crippen molar-refractivity contribution in [3.8, 4) is 0 Å². The molecule has 0 radical (unpaired) electrons. The van der Waals surface area contributed by atoms with Gasteiger partial charge in [-0.25, -0.2) is 9.97 Å². The van der Waals surface area contributed by atoms with E-state index in [9.17, 15) is 0 Å². The third-order valence-corrected chi connectivity index (χ3v) is 1.57. The quantitative estimate of drug-likeness (QED) is 0.690. The third-order valence-electron chi connectivity index (χ3n) is 1.57. The predicted octanol–water partition coefficient (Wildman–Crippen LogP) is 1.19. The Hall–Kier alpha value is -0.960. The van der Waals surface area contributed by atoms with Crippen LogP contribution in [-0.2, 0) is 0 Å². The molecule has 0 fully saturated rings. The van der Waals surface area contributed by atoms with Gasteiger partial charge in [-0.3, -0.25) is 0 Å². The summed E-state index contributed by atoms with van der Waals surface area (Å²) < 4.78 is 0. The summed E-state index contributed by atoms with van der Waals surface area (Å²) in [6, 6.07) is -0.0180. The van der Waals surface area contributed by atoms with E-state index in [4.69, 9.17) is 5.73 Å². The lowest BCUT2D eigenvalue weighted by Gasteiger charge is -2.05. The fourth-order valence-corrected chi connectivity index (χ4v) is 0.777. The molecule has 0 spiro atoms. The van der Waals surface area contributed by atoms with E-state index < -0.39 is 0 Å². The van der Waals surface area contributed by atoms with Crippen LogP contribution in [0.25, 0.3) is 0 Å². The predicted molar refractivity (Wildman–Crippen MR) is 44.0 cm³/mol. The van der Waals surface area contributed by atoms with Crippen molar-refractivity contribution >= 4 is 0 Å². The van der Waals surface area contributed by atoms with Gasteiger partial charge in [0, 0.05) is 12.4 Å². The zero-order chi connectivity index (χ0) is 8.27. The monoisotopic (exact) mass is 151 g/mol. The molecule has 0 aromatic carbocycles. The van der Waals surface area contributed by atoms with Crippen LogP contribution in [0.1, 0.15) is 30.8 Å². The number of aromatic nitrogens is 2. The summed E-state index contributed by atoms with van der Waals surface area (Å²) in [5.74, 6) is 0.734. The minimum absolute atomic E-state index is 0.0180. The highest BCUT2D eigenvalue weighted by atomic mass is 14.9. The van der Waals surface area contributed by atoms with Gasteiger partial charge in [-0.05, 0) is 18.9 Å². The molecule has 3 heteroatoms. The van der Waals surface area contributed by atoms with Gasteiger partial charge in [-0.2, -0.15) is 0 Å². The number of hydrogen-bond donors (Lipinski definition) is 1. The average Bonchev–Trinajstić information content (AvgIpc) is 2.05. The third kappa shape index (κ3) is 1.98. The van der Waals surface area contributed by atoms with Crippen LogP contribution in [0.15, 0.2) is 12.4 Å². The molecular weight excluding hydrogens is 138 g/mol. The minimum Gasteiger partial charge on any atom is -0.321 e. The molecule has 0 aliphatic heterocycles. The molecule has 1 rings (SSSR count). The summed E-state index contributed by atoms with van der Waals surface area (Å²) in [5, 5.41) is 0. The van der Waals surface area contributed by atoms with Crippen LogP contribution < -0.4 is 5.73 Å². The van der Waals surface area contributed by atoms with E-state index in [0.29, 0.717) is 0 Å². The lowest BCUT2D eigenvalue weighted by atomic mass is 10.2. The molecule has 0 saturated heterocycles. The van der Waals surface area contributed by atoms with Crippen LogP contribution in [-0.4, -0.2) is 9.97 Å². The van der Waals surface area contributed by atoms with Gasteiger partial charge >= 0.3 is 0 Å². The smallest absolute Gasteiger partial charge is 0.144 e. The number of nitrogens with two attached hydrogens (primary N) is 1. The van der Waals surface area contributed by atoms with Gasteiger partial charge in [-0.15, -0.1) is 0 Å². The van der Waals surface area contributed by atoms with Crippen molar-refractivity contribution in [3.63, 3.8) is 0 Å². The SMILES string of the molecule is CCC(N)c1ncc(C)cn1. The van der Waals surface area contributed by atoms with Gasteiger partial charge in [0.05, 0.1) is 6.04 Å². The zero-order valence-corrected chi connectivity index (χ0v) is 6.91. The van der Waals surface area contributed by atoms with E-state index in [2.05, 4.69) is 9.97 Å². The highest BCUT2D eigenvalue weighted by molar-refractivity contribution is 5.03. The first-order valence-corrected chi connectivity index (χ1v) is 3.78. The molecule has 1 aromatic heterocycles. The van der Waals surface area contributed by atoms with Gasteiger partial charge in [0.2, 0.25) is 0 Å². The Bertz CT molecular complexity index is 217. The largest absolute Gasteiger partial charge is 0.321 e. The maximum atomic E-state index is 5.72. The highest BCUT2D eigenvalue weighted by Gasteiger charge is 2.04. The molecule has 1 unspecified atom stereocenters. The van der Waals surface area contributed by atoms with Crippen molar-refractivity contribution in [2.24, 2.45) is 5.73 Å². The summed E-state index contributed by atoms with van der Waals surface area (Å²) in [5.41, 5.74) is 6.79. The minimum atomic E-state index is -0.0180. The topological polar surface area (TPSA) is 51.8 Å². The Kier molecular flexibility index (Phi) is 2.54. The number of hydrogen-bond acceptors (Lipinski definition) is 3. The van der Waals surface area contributed by atoms with E-state index in [1.807, 2.05) is 13.8 Å². The van der Waals surface area contributed by atoms with Crippen LogP contribution in [0.5, 0.6) is 0 Å². The molecule has 1 heterocycles. The molecule has 3 nitrogen and oxygen atoms in total. The summed E-state index contributed by atoms with van der Waals surface area (Å²) in [4.78, 5) is 8.23. The van der Waals surface area contributed by atoms with Crippen LogP contribution >= 0.6 is 0 Å². The fourth-order valence-electron chi connectivity index (χ4n) is 0.777. The van der Waals surface area contributed by atoms with E-state index in [1.54, 1.807) is 12.4 Å². The number of nitrogens with zero attached hydrogens (tertiary/aromatic N) is 2. The number of rotatable bonds is 2.